The predicted molar refractivity (Wildman–Crippen MR) is 85.9 cm³/mol. The SMILES string of the molecule is Cn1ncc2c(-c3cc(N)c4ccccc4n3)cccc21. The highest BCUT2D eigenvalue weighted by molar-refractivity contribution is 5.98. The van der Waals surface area contributed by atoms with Crippen molar-refractivity contribution in [1.29, 1.82) is 0 Å². The van der Waals surface area contributed by atoms with Gasteiger partial charge in [-0.25, -0.2) is 4.98 Å². The third-order valence-corrected chi connectivity index (χ3v) is 3.82. The molecule has 0 unspecified atom stereocenters. The molecule has 0 saturated carbocycles. The number of nitrogen functional groups attached to an aromatic ring is 1. The molecule has 2 N–H and O–H groups in total. The smallest absolute Gasteiger partial charge is 0.0737 e. The van der Waals surface area contributed by atoms with Crippen molar-refractivity contribution in [2.24, 2.45) is 7.05 Å². The van der Waals surface area contributed by atoms with Gasteiger partial charge in [0, 0.05) is 29.1 Å². The molecule has 4 rings (SSSR count). The highest BCUT2D eigenvalue weighted by atomic mass is 15.2. The van der Waals surface area contributed by atoms with Gasteiger partial charge in [-0.3, -0.25) is 4.68 Å². The van der Waals surface area contributed by atoms with E-state index in [0.29, 0.717) is 0 Å². The molecule has 21 heavy (non-hydrogen) atoms. The Morgan fingerprint density at radius 2 is 1.86 bits per heavy atom. The Bertz CT molecular complexity index is 969. The summed E-state index contributed by atoms with van der Waals surface area (Å²) in [4.78, 5) is 4.75. The van der Waals surface area contributed by atoms with Crippen molar-refractivity contribution in [3.05, 3.63) is 54.7 Å². The van der Waals surface area contributed by atoms with Gasteiger partial charge in [-0.05, 0) is 18.2 Å². The lowest BCUT2D eigenvalue weighted by atomic mass is 10.0. The summed E-state index contributed by atoms with van der Waals surface area (Å²) in [6.07, 6.45) is 1.87. The zero-order valence-corrected chi connectivity index (χ0v) is 11.6. The first-order valence-corrected chi connectivity index (χ1v) is 6.80. The minimum Gasteiger partial charge on any atom is -0.398 e. The molecule has 4 nitrogen and oxygen atoms in total. The maximum atomic E-state index is 6.18. The largest absolute Gasteiger partial charge is 0.398 e. The van der Waals surface area contributed by atoms with Gasteiger partial charge < -0.3 is 5.73 Å². The predicted octanol–water partition coefficient (Wildman–Crippen LogP) is 3.37. The number of benzene rings is 2. The average Bonchev–Trinajstić information content (AvgIpc) is 2.89. The molecule has 0 amide bonds. The first-order valence-electron chi connectivity index (χ1n) is 6.80. The van der Waals surface area contributed by atoms with Crippen molar-refractivity contribution in [1.82, 2.24) is 14.8 Å². The highest BCUT2D eigenvalue weighted by Crippen LogP contribution is 2.30. The molecular formula is C17H14N4. The van der Waals surface area contributed by atoms with Crippen LogP contribution in [0.2, 0.25) is 0 Å². The van der Waals surface area contributed by atoms with Gasteiger partial charge in [0.1, 0.15) is 0 Å². The Labute approximate surface area is 121 Å². The highest BCUT2D eigenvalue weighted by Gasteiger charge is 2.10. The van der Waals surface area contributed by atoms with Crippen molar-refractivity contribution in [2.75, 3.05) is 5.73 Å². The molecule has 0 radical (unpaired) electrons. The third-order valence-electron chi connectivity index (χ3n) is 3.82. The Balaban J connectivity index is 2.04. The Morgan fingerprint density at radius 3 is 2.76 bits per heavy atom. The molecule has 2 aromatic heterocycles. The summed E-state index contributed by atoms with van der Waals surface area (Å²) in [6, 6.07) is 16.0. The molecule has 4 heteroatoms. The van der Waals surface area contributed by atoms with Gasteiger partial charge in [0.25, 0.3) is 0 Å². The summed E-state index contributed by atoms with van der Waals surface area (Å²) in [5.74, 6) is 0. The molecule has 0 aliphatic carbocycles. The first kappa shape index (κ1) is 11.9. The molecule has 0 atom stereocenters. The molecule has 0 bridgehead atoms. The van der Waals surface area contributed by atoms with Crippen LogP contribution >= 0.6 is 0 Å². The van der Waals surface area contributed by atoms with E-state index in [-0.39, 0.29) is 0 Å². The van der Waals surface area contributed by atoms with Gasteiger partial charge in [0.15, 0.2) is 0 Å². The van der Waals surface area contributed by atoms with Crippen molar-refractivity contribution in [3.8, 4) is 11.3 Å². The minimum atomic E-state index is 0.747. The van der Waals surface area contributed by atoms with Crippen LogP contribution < -0.4 is 5.73 Å². The molecule has 4 aromatic rings. The van der Waals surface area contributed by atoms with Crippen LogP contribution in [-0.4, -0.2) is 14.8 Å². The van der Waals surface area contributed by atoms with Gasteiger partial charge >= 0.3 is 0 Å². The maximum Gasteiger partial charge on any atom is 0.0737 e. The number of nitrogens with zero attached hydrogens (tertiary/aromatic N) is 3. The number of aromatic nitrogens is 3. The van der Waals surface area contributed by atoms with Crippen LogP contribution in [0, 0.1) is 0 Å². The van der Waals surface area contributed by atoms with Crippen LogP contribution in [0.15, 0.2) is 54.7 Å². The van der Waals surface area contributed by atoms with E-state index >= 15 is 0 Å². The van der Waals surface area contributed by atoms with E-state index in [2.05, 4.69) is 17.2 Å². The lowest BCUT2D eigenvalue weighted by Gasteiger charge is -2.07. The van der Waals surface area contributed by atoms with Crippen LogP contribution in [0.5, 0.6) is 0 Å². The van der Waals surface area contributed by atoms with Gasteiger partial charge in [-0.15, -0.1) is 0 Å². The maximum absolute atomic E-state index is 6.18. The zero-order chi connectivity index (χ0) is 14.4. The molecule has 0 aliphatic heterocycles. The molecular weight excluding hydrogens is 260 g/mol. The number of pyridine rings is 1. The van der Waals surface area contributed by atoms with Crippen LogP contribution in [-0.2, 0) is 7.05 Å². The summed E-state index contributed by atoms with van der Waals surface area (Å²) in [6.45, 7) is 0. The van der Waals surface area contributed by atoms with Gasteiger partial charge in [-0.2, -0.15) is 5.10 Å². The minimum absolute atomic E-state index is 0.747. The van der Waals surface area contributed by atoms with Gasteiger partial charge in [-0.1, -0.05) is 30.3 Å². The lowest BCUT2D eigenvalue weighted by Crippen LogP contribution is -1.93. The van der Waals surface area contributed by atoms with Crippen LogP contribution in [0.3, 0.4) is 0 Å². The summed E-state index contributed by atoms with van der Waals surface area (Å²) < 4.78 is 1.86. The summed E-state index contributed by atoms with van der Waals surface area (Å²) in [5.41, 5.74) is 10.9. The number of para-hydroxylation sites is 1. The standard InChI is InChI=1S/C17H14N4/c1-21-17-8-4-6-11(13(17)10-19-21)16-9-14(18)12-5-2-3-7-15(12)20-16/h2-10H,1H3,(H2,18,20). The van der Waals surface area contributed by atoms with Crippen molar-refractivity contribution in [2.45, 2.75) is 0 Å². The van der Waals surface area contributed by atoms with Crippen molar-refractivity contribution < 1.29 is 0 Å². The molecule has 0 spiro atoms. The second-order valence-electron chi connectivity index (χ2n) is 5.12. The van der Waals surface area contributed by atoms with Gasteiger partial charge in [0.2, 0.25) is 0 Å². The van der Waals surface area contributed by atoms with E-state index in [4.69, 9.17) is 10.7 Å². The lowest BCUT2D eigenvalue weighted by molar-refractivity contribution is 0.797. The van der Waals surface area contributed by atoms with Crippen LogP contribution in [0.1, 0.15) is 0 Å². The number of fused-ring (bicyclic) bond motifs is 2. The zero-order valence-electron chi connectivity index (χ0n) is 11.6. The van der Waals surface area contributed by atoms with E-state index in [0.717, 1.165) is 38.8 Å². The topological polar surface area (TPSA) is 56.7 Å². The number of rotatable bonds is 1. The second kappa shape index (κ2) is 4.31. The van der Waals surface area contributed by atoms with E-state index in [9.17, 15) is 0 Å². The monoisotopic (exact) mass is 274 g/mol. The van der Waals surface area contributed by atoms with E-state index in [1.165, 1.54) is 0 Å². The summed E-state index contributed by atoms with van der Waals surface area (Å²) in [7, 11) is 1.94. The molecule has 0 fully saturated rings. The second-order valence-corrected chi connectivity index (χ2v) is 5.12. The summed E-state index contributed by atoms with van der Waals surface area (Å²) >= 11 is 0. The molecule has 0 aliphatic rings. The van der Waals surface area contributed by atoms with Crippen LogP contribution in [0.25, 0.3) is 33.1 Å². The molecule has 2 aromatic carbocycles. The quantitative estimate of drug-likeness (QED) is 0.579. The number of anilines is 1. The van der Waals surface area contributed by atoms with Crippen LogP contribution in [0.4, 0.5) is 5.69 Å². The number of aryl methyl sites for hydroxylation is 1. The normalized spacial score (nSPS) is 11.3. The molecule has 102 valence electrons. The van der Waals surface area contributed by atoms with Gasteiger partial charge in [0.05, 0.1) is 22.9 Å². The van der Waals surface area contributed by atoms with E-state index in [1.54, 1.807) is 0 Å². The molecule has 0 saturated heterocycles. The molecule has 2 heterocycles. The van der Waals surface area contributed by atoms with E-state index in [1.807, 2.05) is 54.3 Å². The number of nitrogens with two attached hydrogens (primary N) is 1. The Hall–Kier alpha value is -2.88. The Kier molecular flexibility index (Phi) is 2.44. The number of hydrogen-bond acceptors (Lipinski definition) is 3. The van der Waals surface area contributed by atoms with Crippen molar-refractivity contribution >= 4 is 27.5 Å². The summed E-state index contributed by atoms with van der Waals surface area (Å²) in [5, 5.41) is 6.40. The fourth-order valence-electron chi connectivity index (χ4n) is 2.74. The fraction of sp³-hybridized carbons (Fsp3) is 0.0588. The van der Waals surface area contributed by atoms with E-state index < -0.39 is 0 Å². The Morgan fingerprint density at radius 1 is 1.00 bits per heavy atom. The number of hydrogen-bond donors (Lipinski definition) is 1. The van der Waals surface area contributed by atoms with Crippen molar-refractivity contribution in [3.63, 3.8) is 0 Å². The first-order chi connectivity index (χ1) is 10.2. The third kappa shape index (κ3) is 1.76. The average molecular weight is 274 g/mol. The fourth-order valence-corrected chi connectivity index (χ4v) is 2.74.